The van der Waals surface area contributed by atoms with Crippen LogP contribution >= 0.6 is 0 Å². The number of rotatable bonds is 6. The van der Waals surface area contributed by atoms with E-state index in [1.165, 1.54) is 11.6 Å². The highest BCUT2D eigenvalue weighted by atomic mass is 16.5. The zero-order valence-electron chi connectivity index (χ0n) is 11.2. The van der Waals surface area contributed by atoms with Crippen LogP contribution in [0.3, 0.4) is 0 Å². The van der Waals surface area contributed by atoms with Gasteiger partial charge in [-0.2, -0.15) is 0 Å². The Hall–Kier alpha value is -2.49. The topological polar surface area (TPSA) is 55.7 Å². The summed E-state index contributed by atoms with van der Waals surface area (Å²) in [5, 5.41) is 2.84. The van der Waals surface area contributed by atoms with E-state index in [9.17, 15) is 9.70 Å². The molecule has 4 heteroatoms. The standard InChI is InChI=1S/C16H15NO3/c1-2-12-7-9-13(10-8-12)20-11-16(18)14-5-3-4-6-15(14)17-19/h3-10H,2,11H2,1H3. The van der Waals surface area contributed by atoms with Gasteiger partial charge in [-0.25, -0.2) is 0 Å². The fourth-order valence-electron chi connectivity index (χ4n) is 1.84. The molecular formula is C16H15NO3. The number of hydrogen-bond acceptors (Lipinski definition) is 4. The highest BCUT2D eigenvalue weighted by Crippen LogP contribution is 2.19. The number of carbonyl (C=O) groups is 1. The lowest BCUT2D eigenvalue weighted by Gasteiger charge is -2.07. The predicted molar refractivity (Wildman–Crippen MR) is 77.5 cm³/mol. The number of nitroso groups, excluding NO2 is 1. The van der Waals surface area contributed by atoms with Gasteiger partial charge in [0.1, 0.15) is 11.4 Å². The number of Topliss-reactive ketones (excluding diaryl/α,β-unsaturated/α-hetero) is 1. The molecule has 0 saturated carbocycles. The van der Waals surface area contributed by atoms with Gasteiger partial charge in [0.15, 0.2) is 6.61 Å². The highest BCUT2D eigenvalue weighted by Gasteiger charge is 2.12. The van der Waals surface area contributed by atoms with Crippen molar-refractivity contribution in [3.8, 4) is 5.75 Å². The molecule has 0 spiro atoms. The van der Waals surface area contributed by atoms with Gasteiger partial charge >= 0.3 is 0 Å². The molecule has 0 N–H and O–H groups in total. The molecule has 0 aromatic heterocycles. The van der Waals surface area contributed by atoms with Crippen LogP contribution in [0.1, 0.15) is 22.8 Å². The van der Waals surface area contributed by atoms with Crippen molar-refractivity contribution in [2.45, 2.75) is 13.3 Å². The number of ketones is 1. The average Bonchev–Trinajstić information content (AvgIpc) is 2.53. The Kier molecular flexibility index (Phi) is 4.60. The normalized spacial score (nSPS) is 10.1. The molecular weight excluding hydrogens is 254 g/mol. The van der Waals surface area contributed by atoms with E-state index in [2.05, 4.69) is 12.1 Å². The second-order valence-corrected chi connectivity index (χ2v) is 4.32. The Morgan fingerprint density at radius 3 is 2.45 bits per heavy atom. The minimum absolute atomic E-state index is 0.113. The summed E-state index contributed by atoms with van der Waals surface area (Å²) >= 11 is 0. The smallest absolute Gasteiger partial charge is 0.202 e. The van der Waals surface area contributed by atoms with Crippen molar-refractivity contribution in [3.05, 3.63) is 64.6 Å². The van der Waals surface area contributed by atoms with Crippen LogP contribution < -0.4 is 4.74 Å². The maximum Gasteiger partial charge on any atom is 0.202 e. The van der Waals surface area contributed by atoms with E-state index in [-0.39, 0.29) is 23.6 Å². The van der Waals surface area contributed by atoms with E-state index in [1.807, 2.05) is 24.3 Å². The van der Waals surface area contributed by atoms with Crippen LogP contribution in [-0.2, 0) is 6.42 Å². The summed E-state index contributed by atoms with van der Waals surface area (Å²) in [5.74, 6) is 0.367. The molecule has 0 aliphatic carbocycles. The molecule has 0 heterocycles. The summed E-state index contributed by atoms with van der Waals surface area (Å²) in [4.78, 5) is 22.6. The van der Waals surface area contributed by atoms with E-state index < -0.39 is 0 Å². The van der Waals surface area contributed by atoms with E-state index in [0.717, 1.165) is 6.42 Å². The fourth-order valence-corrected chi connectivity index (χ4v) is 1.84. The van der Waals surface area contributed by atoms with Crippen molar-refractivity contribution < 1.29 is 9.53 Å². The van der Waals surface area contributed by atoms with Gasteiger partial charge in [0, 0.05) is 0 Å². The highest BCUT2D eigenvalue weighted by molar-refractivity contribution is 6.01. The van der Waals surface area contributed by atoms with E-state index in [0.29, 0.717) is 5.75 Å². The fraction of sp³-hybridized carbons (Fsp3) is 0.188. The predicted octanol–water partition coefficient (Wildman–Crippen LogP) is 3.91. The third-order valence-electron chi connectivity index (χ3n) is 3.00. The van der Waals surface area contributed by atoms with E-state index in [4.69, 9.17) is 4.74 Å². The van der Waals surface area contributed by atoms with Crippen molar-refractivity contribution in [3.63, 3.8) is 0 Å². The molecule has 0 amide bonds. The first-order chi connectivity index (χ1) is 9.74. The zero-order chi connectivity index (χ0) is 14.4. The molecule has 0 fully saturated rings. The van der Waals surface area contributed by atoms with Crippen LogP contribution in [0.25, 0.3) is 0 Å². The molecule has 0 saturated heterocycles. The quantitative estimate of drug-likeness (QED) is 0.590. The maximum absolute atomic E-state index is 12.0. The summed E-state index contributed by atoms with van der Waals surface area (Å²) < 4.78 is 5.43. The molecule has 0 bridgehead atoms. The van der Waals surface area contributed by atoms with E-state index in [1.54, 1.807) is 18.2 Å². The van der Waals surface area contributed by atoms with Gasteiger partial charge in [0.05, 0.1) is 5.56 Å². The summed E-state index contributed by atoms with van der Waals surface area (Å²) in [6, 6.07) is 14.0. The maximum atomic E-state index is 12.0. The SMILES string of the molecule is CCc1ccc(OCC(=O)c2ccccc2N=O)cc1. The summed E-state index contributed by atoms with van der Waals surface area (Å²) in [7, 11) is 0. The Morgan fingerprint density at radius 2 is 1.80 bits per heavy atom. The number of hydrogen-bond donors (Lipinski definition) is 0. The first-order valence-electron chi connectivity index (χ1n) is 6.42. The molecule has 0 atom stereocenters. The van der Waals surface area contributed by atoms with Crippen molar-refractivity contribution >= 4 is 11.5 Å². The largest absolute Gasteiger partial charge is 0.485 e. The number of nitrogens with zero attached hydrogens (tertiary/aromatic N) is 1. The minimum Gasteiger partial charge on any atom is -0.485 e. The van der Waals surface area contributed by atoms with Crippen LogP contribution in [0.15, 0.2) is 53.7 Å². The molecule has 20 heavy (non-hydrogen) atoms. The second kappa shape index (κ2) is 6.61. The zero-order valence-corrected chi connectivity index (χ0v) is 11.2. The third kappa shape index (κ3) is 3.29. The molecule has 0 aliphatic rings. The molecule has 0 radical (unpaired) electrons. The lowest BCUT2D eigenvalue weighted by atomic mass is 10.1. The Morgan fingerprint density at radius 1 is 1.10 bits per heavy atom. The van der Waals surface area contributed by atoms with Crippen molar-refractivity contribution in [2.75, 3.05) is 6.61 Å². The van der Waals surface area contributed by atoms with Gasteiger partial charge in [-0.05, 0) is 41.4 Å². The Balaban J connectivity index is 2.02. The first-order valence-corrected chi connectivity index (χ1v) is 6.42. The molecule has 2 aromatic carbocycles. The third-order valence-corrected chi connectivity index (χ3v) is 3.00. The number of aryl methyl sites for hydroxylation is 1. The van der Waals surface area contributed by atoms with Crippen LogP contribution in [0.4, 0.5) is 5.69 Å². The molecule has 2 aromatic rings. The van der Waals surface area contributed by atoms with Gasteiger partial charge in [-0.15, -0.1) is 4.91 Å². The molecule has 102 valence electrons. The summed E-state index contributed by atoms with van der Waals surface area (Å²) in [6.07, 6.45) is 0.956. The van der Waals surface area contributed by atoms with Crippen molar-refractivity contribution in [1.82, 2.24) is 0 Å². The number of ether oxygens (including phenoxy) is 1. The van der Waals surface area contributed by atoms with Crippen molar-refractivity contribution in [2.24, 2.45) is 5.18 Å². The van der Waals surface area contributed by atoms with Gasteiger partial charge in [0.2, 0.25) is 5.78 Å². The van der Waals surface area contributed by atoms with Crippen molar-refractivity contribution in [1.29, 1.82) is 0 Å². The average molecular weight is 269 g/mol. The summed E-state index contributed by atoms with van der Waals surface area (Å²) in [5.41, 5.74) is 1.63. The van der Waals surface area contributed by atoms with Gasteiger partial charge in [-0.3, -0.25) is 4.79 Å². The van der Waals surface area contributed by atoms with Crippen LogP contribution in [0, 0.1) is 4.91 Å². The summed E-state index contributed by atoms with van der Waals surface area (Å²) in [6.45, 7) is 1.96. The van der Waals surface area contributed by atoms with Crippen LogP contribution in [-0.4, -0.2) is 12.4 Å². The molecule has 2 rings (SSSR count). The monoisotopic (exact) mass is 269 g/mol. The minimum atomic E-state index is -0.264. The van der Waals surface area contributed by atoms with Crippen LogP contribution in [0.2, 0.25) is 0 Å². The first kappa shape index (κ1) is 13.9. The Labute approximate surface area is 117 Å². The molecule has 0 aliphatic heterocycles. The number of benzene rings is 2. The molecule has 0 unspecified atom stereocenters. The lowest BCUT2D eigenvalue weighted by molar-refractivity contribution is 0.0922. The number of carbonyl (C=O) groups excluding carboxylic acids is 1. The van der Waals surface area contributed by atoms with E-state index >= 15 is 0 Å². The van der Waals surface area contributed by atoms with Gasteiger partial charge in [-0.1, -0.05) is 31.2 Å². The van der Waals surface area contributed by atoms with Gasteiger partial charge in [0.25, 0.3) is 0 Å². The van der Waals surface area contributed by atoms with Gasteiger partial charge < -0.3 is 4.74 Å². The molecule has 4 nitrogen and oxygen atoms in total. The Bertz CT molecular complexity index is 605. The lowest BCUT2D eigenvalue weighted by Crippen LogP contribution is -2.11. The van der Waals surface area contributed by atoms with Crippen LogP contribution in [0.5, 0.6) is 5.75 Å². The second-order valence-electron chi connectivity index (χ2n) is 4.32.